The molecule has 0 unspecified atom stereocenters. The molecule has 3 heterocycles. The van der Waals surface area contributed by atoms with E-state index in [9.17, 15) is 9.59 Å². The summed E-state index contributed by atoms with van der Waals surface area (Å²) in [5.74, 6) is -0.0512. The van der Waals surface area contributed by atoms with Crippen LogP contribution < -0.4 is 5.69 Å². The second-order valence-corrected chi connectivity index (χ2v) is 7.81. The van der Waals surface area contributed by atoms with E-state index in [2.05, 4.69) is 22.3 Å². The van der Waals surface area contributed by atoms with Gasteiger partial charge in [-0.3, -0.25) is 4.79 Å². The Morgan fingerprint density at radius 3 is 2.63 bits per heavy atom. The fraction of sp³-hybridized carbons (Fsp3) is 0.381. The minimum atomic E-state index is -0.327. The SMILES string of the molecule is O=C(c1cccn2c(=O)[nH]nc12)N1CC2(CCCCC2)[C@@H]1c1ccccc1. The highest BCUT2D eigenvalue weighted by molar-refractivity contribution is 6.00. The van der Waals surface area contributed by atoms with Crippen LogP contribution in [0.4, 0.5) is 0 Å². The quantitative estimate of drug-likeness (QED) is 0.761. The Hall–Kier alpha value is -2.89. The Morgan fingerprint density at radius 1 is 1.07 bits per heavy atom. The molecular formula is C21H22N4O2. The number of rotatable bonds is 2. The number of pyridine rings is 1. The molecule has 1 aromatic carbocycles. The zero-order valence-electron chi connectivity index (χ0n) is 15.1. The lowest BCUT2D eigenvalue weighted by Gasteiger charge is -2.59. The molecule has 6 nitrogen and oxygen atoms in total. The molecule has 3 aromatic rings. The van der Waals surface area contributed by atoms with Crippen molar-refractivity contribution < 1.29 is 4.79 Å². The van der Waals surface area contributed by atoms with E-state index in [0.29, 0.717) is 11.2 Å². The first-order chi connectivity index (χ1) is 13.2. The Morgan fingerprint density at radius 2 is 1.85 bits per heavy atom. The normalized spacial score (nSPS) is 21.3. The first kappa shape index (κ1) is 16.3. The average molecular weight is 362 g/mol. The van der Waals surface area contributed by atoms with Crippen molar-refractivity contribution in [3.05, 3.63) is 70.3 Å². The molecule has 5 rings (SSSR count). The molecule has 2 fully saturated rings. The van der Waals surface area contributed by atoms with Gasteiger partial charge in [-0.05, 0) is 30.5 Å². The molecular weight excluding hydrogens is 340 g/mol. The first-order valence-corrected chi connectivity index (χ1v) is 9.61. The van der Waals surface area contributed by atoms with E-state index in [0.717, 1.165) is 6.54 Å². The zero-order valence-corrected chi connectivity index (χ0v) is 15.1. The van der Waals surface area contributed by atoms with Crippen molar-refractivity contribution in [2.75, 3.05) is 6.54 Å². The van der Waals surface area contributed by atoms with E-state index < -0.39 is 0 Å². The van der Waals surface area contributed by atoms with E-state index >= 15 is 0 Å². The van der Waals surface area contributed by atoms with Crippen molar-refractivity contribution in [2.24, 2.45) is 5.41 Å². The summed E-state index contributed by atoms with van der Waals surface area (Å²) in [6.45, 7) is 0.779. The monoisotopic (exact) mass is 362 g/mol. The van der Waals surface area contributed by atoms with Crippen LogP contribution in [-0.4, -0.2) is 31.9 Å². The number of likely N-dealkylation sites (tertiary alicyclic amines) is 1. The maximum absolute atomic E-state index is 13.4. The van der Waals surface area contributed by atoms with Gasteiger partial charge in [-0.2, -0.15) is 5.10 Å². The van der Waals surface area contributed by atoms with Crippen molar-refractivity contribution in [1.82, 2.24) is 19.5 Å². The summed E-state index contributed by atoms with van der Waals surface area (Å²) in [4.78, 5) is 27.2. The lowest BCUT2D eigenvalue weighted by molar-refractivity contribution is -0.0769. The summed E-state index contributed by atoms with van der Waals surface area (Å²) >= 11 is 0. The maximum atomic E-state index is 13.4. The van der Waals surface area contributed by atoms with Gasteiger partial charge in [0.1, 0.15) is 0 Å². The van der Waals surface area contributed by atoms with Gasteiger partial charge in [0.2, 0.25) is 0 Å². The van der Waals surface area contributed by atoms with Gasteiger partial charge in [0.25, 0.3) is 5.91 Å². The van der Waals surface area contributed by atoms with Gasteiger partial charge < -0.3 is 4.90 Å². The summed E-state index contributed by atoms with van der Waals surface area (Å²) in [6, 6.07) is 13.9. The molecule has 1 saturated heterocycles. The summed E-state index contributed by atoms with van der Waals surface area (Å²) in [5, 5.41) is 6.49. The van der Waals surface area contributed by atoms with Crippen molar-refractivity contribution in [3.8, 4) is 0 Å². The van der Waals surface area contributed by atoms with Crippen molar-refractivity contribution in [2.45, 2.75) is 38.1 Å². The minimum absolute atomic E-state index is 0.0512. The van der Waals surface area contributed by atoms with Gasteiger partial charge >= 0.3 is 5.69 Å². The van der Waals surface area contributed by atoms with Gasteiger partial charge in [0, 0.05) is 18.2 Å². The third-order valence-corrected chi connectivity index (χ3v) is 6.28. The van der Waals surface area contributed by atoms with E-state index in [1.165, 1.54) is 42.1 Å². The molecule has 1 aliphatic carbocycles. The van der Waals surface area contributed by atoms with Gasteiger partial charge in [-0.15, -0.1) is 0 Å². The van der Waals surface area contributed by atoms with Crippen LogP contribution in [0.3, 0.4) is 0 Å². The van der Waals surface area contributed by atoms with E-state index in [1.54, 1.807) is 18.3 Å². The molecule has 0 radical (unpaired) electrons. The summed E-state index contributed by atoms with van der Waals surface area (Å²) in [5.41, 5.74) is 1.93. The van der Waals surface area contributed by atoms with E-state index in [-0.39, 0.29) is 23.1 Å². The third-order valence-electron chi connectivity index (χ3n) is 6.28. The molecule has 1 atom stereocenters. The molecule has 2 aromatic heterocycles. The molecule has 27 heavy (non-hydrogen) atoms. The number of nitrogens with one attached hydrogen (secondary N) is 1. The van der Waals surface area contributed by atoms with Crippen LogP contribution in [0.5, 0.6) is 0 Å². The largest absolute Gasteiger partial charge is 0.347 e. The summed E-state index contributed by atoms with van der Waals surface area (Å²) in [6.07, 6.45) is 7.72. The van der Waals surface area contributed by atoms with Gasteiger partial charge in [-0.1, -0.05) is 49.6 Å². The molecule has 1 amide bonds. The lowest BCUT2D eigenvalue weighted by atomic mass is 9.61. The molecule has 1 saturated carbocycles. The Labute approximate surface area is 156 Å². The topological polar surface area (TPSA) is 70.5 Å². The number of aromatic nitrogens is 3. The van der Waals surface area contributed by atoms with Crippen LogP contribution in [0.25, 0.3) is 5.65 Å². The second-order valence-electron chi connectivity index (χ2n) is 7.81. The Bertz CT molecular complexity index is 1050. The number of hydrogen-bond donors (Lipinski definition) is 1. The number of hydrogen-bond acceptors (Lipinski definition) is 3. The van der Waals surface area contributed by atoms with Crippen LogP contribution in [0, 0.1) is 5.41 Å². The van der Waals surface area contributed by atoms with E-state index in [1.807, 2.05) is 23.1 Å². The number of carbonyl (C=O) groups excluding carboxylic acids is 1. The maximum Gasteiger partial charge on any atom is 0.347 e. The number of H-pyrrole nitrogens is 1. The number of carbonyl (C=O) groups is 1. The van der Waals surface area contributed by atoms with Gasteiger partial charge in [0.05, 0.1) is 11.6 Å². The summed E-state index contributed by atoms with van der Waals surface area (Å²) < 4.78 is 1.39. The van der Waals surface area contributed by atoms with Crippen molar-refractivity contribution in [3.63, 3.8) is 0 Å². The number of amides is 1. The molecule has 1 N–H and O–H groups in total. The third kappa shape index (κ3) is 2.43. The second kappa shape index (κ2) is 6.08. The molecule has 138 valence electrons. The van der Waals surface area contributed by atoms with Crippen molar-refractivity contribution >= 4 is 11.6 Å². The number of aromatic amines is 1. The highest BCUT2D eigenvalue weighted by atomic mass is 16.2. The zero-order chi connectivity index (χ0) is 18.4. The Balaban J connectivity index is 1.55. The fourth-order valence-corrected chi connectivity index (χ4v) is 5.03. The van der Waals surface area contributed by atoms with Crippen molar-refractivity contribution in [1.29, 1.82) is 0 Å². The van der Waals surface area contributed by atoms with Crippen LogP contribution in [0.15, 0.2) is 53.5 Å². The lowest BCUT2D eigenvalue weighted by Crippen LogP contribution is -2.61. The van der Waals surface area contributed by atoms with Crippen LogP contribution in [0.1, 0.15) is 54.1 Å². The van der Waals surface area contributed by atoms with Gasteiger partial charge in [0.15, 0.2) is 5.65 Å². The molecule has 1 spiro atoms. The predicted octanol–water partition coefficient (Wildman–Crippen LogP) is 3.17. The first-order valence-electron chi connectivity index (χ1n) is 9.61. The number of nitrogens with zero attached hydrogens (tertiary/aromatic N) is 3. The molecule has 2 aliphatic rings. The highest BCUT2D eigenvalue weighted by Crippen LogP contribution is 2.57. The number of fused-ring (bicyclic) bond motifs is 1. The summed E-state index contributed by atoms with van der Waals surface area (Å²) in [7, 11) is 0. The van der Waals surface area contributed by atoms with Crippen LogP contribution >= 0.6 is 0 Å². The molecule has 0 bridgehead atoms. The predicted molar refractivity (Wildman–Crippen MR) is 102 cm³/mol. The standard InChI is InChI=1S/C21H22N4O2/c26-19(16-10-7-13-24-18(16)22-23-20(24)27)25-14-21(11-5-2-6-12-21)17(25)15-8-3-1-4-9-15/h1,3-4,7-10,13,17H,2,5-6,11-12,14H2,(H,23,27)/t17-/m0/s1. The highest BCUT2D eigenvalue weighted by Gasteiger charge is 2.55. The smallest absolute Gasteiger partial charge is 0.330 e. The average Bonchev–Trinajstić information content (AvgIpc) is 3.08. The van der Waals surface area contributed by atoms with Crippen LogP contribution in [-0.2, 0) is 0 Å². The molecule has 1 aliphatic heterocycles. The minimum Gasteiger partial charge on any atom is -0.330 e. The number of benzene rings is 1. The Kier molecular flexibility index (Phi) is 3.67. The molecule has 6 heteroatoms. The van der Waals surface area contributed by atoms with E-state index in [4.69, 9.17) is 0 Å². The van der Waals surface area contributed by atoms with Crippen LogP contribution in [0.2, 0.25) is 0 Å². The fourth-order valence-electron chi connectivity index (χ4n) is 5.03. The van der Waals surface area contributed by atoms with Gasteiger partial charge in [-0.25, -0.2) is 14.3 Å².